The van der Waals surface area contributed by atoms with Gasteiger partial charge in [0, 0.05) is 22.0 Å². The van der Waals surface area contributed by atoms with E-state index in [2.05, 4.69) is 24.9 Å². The second-order valence-electron chi connectivity index (χ2n) is 5.38. The highest BCUT2D eigenvalue weighted by Crippen LogP contribution is 2.37. The predicted octanol–water partition coefficient (Wildman–Crippen LogP) is 4.28. The molecule has 96 valence electrons. The van der Waals surface area contributed by atoms with Crippen molar-refractivity contribution in [2.45, 2.75) is 31.7 Å². The molecule has 3 heteroatoms. The maximum Gasteiger partial charge on any atom is 0.137 e. The third-order valence-corrected chi connectivity index (χ3v) is 4.41. The molecule has 1 aromatic heterocycles. The molecule has 3 rings (SSSR count). The molecule has 0 saturated carbocycles. The van der Waals surface area contributed by atoms with Gasteiger partial charge in [-0.25, -0.2) is 0 Å². The average Bonchev–Trinajstić information content (AvgIpc) is 2.79. The van der Waals surface area contributed by atoms with E-state index in [0.29, 0.717) is 12.0 Å². The average molecular weight is 264 g/mol. The fourth-order valence-electron chi connectivity index (χ4n) is 2.95. The van der Waals surface area contributed by atoms with Crippen LogP contribution in [0.5, 0.6) is 0 Å². The van der Waals surface area contributed by atoms with Crippen LogP contribution in [0.15, 0.2) is 28.9 Å². The summed E-state index contributed by atoms with van der Waals surface area (Å²) in [5.41, 5.74) is 2.30. The van der Waals surface area contributed by atoms with Gasteiger partial charge in [-0.15, -0.1) is 0 Å². The topological polar surface area (TPSA) is 16.4 Å². The molecule has 1 aliphatic heterocycles. The van der Waals surface area contributed by atoms with Crippen LogP contribution in [0.3, 0.4) is 0 Å². The molecular formula is C15H18ClNO. The van der Waals surface area contributed by atoms with Gasteiger partial charge in [-0.1, -0.05) is 11.6 Å². The third kappa shape index (κ3) is 2.04. The Kier molecular flexibility index (Phi) is 3.08. The maximum absolute atomic E-state index is 6.21. The molecule has 0 spiro atoms. The summed E-state index contributed by atoms with van der Waals surface area (Å²) >= 11 is 6.21. The van der Waals surface area contributed by atoms with Gasteiger partial charge in [0.2, 0.25) is 0 Å². The summed E-state index contributed by atoms with van der Waals surface area (Å²) in [5.74, 6) is 0.559. The zero-order chi connectivity index (χ0) is 12.7. The minimum absolute atomic E-state index is 0.559. The van der Waals surface area contributed by atoms with E-state index in [9.17, 15) is 0 Å². The van der Waals surface area contributed by atoms with Gasteiger partial charge in [-0.05, 0) is 57.5 Å². The van der Waals surface area contributed by atoms with Gasteiger partial charge in [-0.3, -0.25) is 0 Å². The molecule has 2 heterocycles. The standard InChI is InChI=1S/C15H18ClNO/c1-10-7-11(3-5-17(10)2)14-9-13(16)8-12-4-6-18-15(12)14/h4,6,8-11H,3,5,7H2,1-2H3. The Hall–Kier alpha value is -0.990. The summed E-state index contributed by atoms with van der Waals surface area (Å²) in [6, 6.07) is 6.66. The monoisotopic (exact) mass is 263 g/mol. The van der Waals surface area contributed by atoms with E-state index >= 15 is 0 Å². The van der Waals surface area contributed by atoms with Crippen molar-refractivity contribution in [3.8, 4) is 0 Å². The number of rotatable bonds is 1. The Morgan fingerprint density at radius 3 is 3.00 bits per heavy atom. The molecule has 2 unspecified atom stereocenters. The van der Waals surface area contributed by atoms with Crippen molar-refractivity contribution in [3.05, 3.63) is 35.0 Å². The summed E-state index contributed by atoms with van der Waals surface area (Å²) in [5, 5.41) is 1.93. The van der Waals surface area contributed by atoms with Crippen LogP contribution in [0.1, 0.15) is 31.2 Å². The zero-order valence-electron chi connectivity index (χ0n) is 10.8. The van der Waals surface area contributed by atoms with Crippen molar-refractivity contribution in [2.75, 3.05) is 13.6 Å². The molecule has 2 nitrogen and oxygen atoms in total. The molecule has 1 fully saturated rings. The van der Waals surface area contributed by atoms with Crippen molar-refractivity contribution < 1.29 is 4.42 Å². The van der Waals surface area contributed by atoms with Crippen molar-refractivity contribution >= 4 is 22.6 Å². The van der Waals surface area contributed by atoms with Gasteiger partial charge in [0.05, 0.1) is 6.26 Å². The maximum atomic E-state index is 6.21. The summed E-state index contributed by atoms with van der Waals surface area (Å²) in [6.45, 7) is 3.43. The lowest BCUT2D eigenvalue weighted by Gasteiger charge is -2.35. The Morgan fingerprint density at radius 1 is 1.39 bits per heavy atom. The van der Waals surface area contributed by atoms with Crippen LogP contribution in [0, 0.1) is 0 Å². The number of hydrogen-bond acceptors (Lipinski definition) is 2. The van der Waals surface area contributed by atoms with Gasteiger partial charge in [0.1, 0.15) is 5.58 Å². The molecular weight excluding hydrogens is 246 g/mol. The lowest BCUT2D eigenvalue weighted by atomic mass is 9.85. The SMILES string of the molecule is CC1CC(c2cc(Cl)cc3ccoc23)CCN1C. The van der Waals surface area contributed by atoms with Gasteiger partial charge < -0.3 is 9.32 Å². The van der Waals surface area contributed by atoms with E-state index < -0.39 is 0 Å². The number of halogens is 1. The first-order valence-corrected chi connectivity index (χ1v) is 6.90. The Bertz CT molecular complexity index is 563. The molecule has 2 aromatic rings. The van der Waals surface area contributed by atoms with Gasteiger partial charge in [-0.2, -0.15) is 0 Å². The fraction of sp³-hybridized carbons (Fsp3) is 0.467. The lowest BCUT2D eigenvalue weighted by molar-refractivity contribution is 0.183. The van der Waals surface area contributed by atoms with Gasteiger partial charge in [0.15, 0.2) is 0 Å². The number of nitrogens with zero attached hydrogens (tertiary/aromatic N) is 1. The van der Waals surface area contributed by atoms with Crippen LogP contribution in [-0.4, -0.2) is 24.5 Å². The third-order valence-electron chi connectivity index (χ3n) is 4.19. The Balaban J connectivity index is 2.01. The predicted molar refractivity (Wildman–Crippen MR) is 75.3 cm³/mol. The number of benzene rings is 1. The molecule has 0 radical (unpaired) electrons. The van der Waals surface area contributed by atoms with Crippen molar-refractivity contribution in [1.29, 1.82) is 0 Å². The molecule has 2 atom stereocenters. The van der Waals surface area contributed by atoms with Crippen molar-refractivity contribution in [1.82, 2.24) is 4.90 Å². The van der Waals surface area contributed by atoms with E-state index in [-0.39, 0.29) is 0 Å². The number of piperidine rings is 1. The smallest absolute Gasteiger partial charge is 0.137 e. The highest BCUT2D eigenvalue weighted by molar-refractivity contribution is 6.31. The second-order valence-corrected chi connectivity index (χ2v) is 5.82. The largest absolute Gasteiger partial charge is 0.464 e. The summed E-state index contributed by atoms with van der Waals surface area (Å²) < 4.78 is 5.65. The highest BCUT2D eigenvalue weighted by atomic mass is 35.5. The van der Waals surface area contributed by atoms with Crippen LogP contribution in [-0.2, 0) is 0 Å². The first-order valence-electron chi connectivity index (χ1n) is 6.52. The fourth-order valence-corrected chi connectivity index (χ4v) is 3.18. The number of hydrogen-bond donors (Lipinski definition) is 0. The first kappa shape index (κ1) is 12.1. The molecule has 18 heavy (non-hydrogen) atoms. The number of furan rings is 1. The van der Waals surface area contributed by atoms with E-state index in [0.717, 1.165) is 22.5 Å². The number of likely N-dealkylation sites (tertiary alicyclic amines) is 1. The Labute approximate surface area is 113 Å². The van der Waals surface area contributed by atoms with Gasteiger partial charge in [0.25, 0.3) is 0 Å². The van der Waals surface area contributed by atoms with Crippen LogP contribution in [0.4, 0.5) is 0 Å². The molecule has 0 aliphatic carbocycles. The second kappa shape index (κ2) is 4.60. The minimum atomic E-state index is 0.559. The highest BCUT2D eigenvalue weighted by Gasteiger charge is 2.26. The molecule has 1 saturated heterocycles. The molecule has 0 N–H and O–H groups in total. The van der Waals surface area contributed by atoms with Crippen LogP contribution in [0.2, 0.25) is 5.02 Å². The van der Waals surface area contributed by atoms with Crippen molar-refractivity contribution in [2.24, 2.45) is 0 Å². The van der Waals surface area contributed by atoms with Crippen LogP contribution >= 0.6 is 11.6 Å². The van der Waals surface area contributed by atoms with Crippen LogP contribution in [0.25, 0.3) is 11.0 Å². The number of fused-ring (bicyclic) bond motifs is 1. The molecule has 0 amide bonds. The van der Waals surface area contributed by atoms with E-state index in [1.54, 1.807) is 6.26 Å². The molecule has 1 aliphatic rings. The summed E-state index contributed by atoms with van der Waals surface area (Å²) in [6.07, 6.45) is 4.10. The quantitative estimate of drug-likeness (QED) is 0.763. The molecule has 1 aromatic carbocycles. The summed E-state index contributed by atoms with van der Waals surface area (Å²) in [4.78, 5) is 2.42. The normalized spacial score (nSPS) is 25.7. The van der Waals surface area contributed by atoms with Crippen LogP contribution < -0.4 is 0 Å². The van der Waals surface area contributed by atoms with Gasteiger partial charge >= 0.3 is 0 Å². The van der Waals surface area contributed by atoms with Crippen molar-refractivity contribution in [3.63, 3.8) is 0 Å². The first-order chi connectivity index (χ1) is 8.65. The zero-order valence-corrected chi connectivity index (χ0v) is 11.6. The van der Waals surface area contributed by atoms with E-state index in [4.69, 9.17) is 16.0 Å². The Morgan fingerprint density at radius 2 is 2.22 bits per heavy atom. The van der Waals surface area contributed by atoms with E-state index in [1.165, 1.54) is 18.4 Å². The lowest BCUT2D eigenvalue weighted by Crippen LogP contribution is -2.36. The summed E-state index contributed by atoms with van der Waals surface area (Å²) in [7, 11) is 2.20. The van der Waals surface area contributed by atoms with E-state index in [1.807, 2.05) is 12.1 Å². The molecule has 0 bridgehead atoms. The minimum Gasteiger partial charge on any atom is -0.464 e.